The first-order valence-electron chi connectivity index (χ1n) is 6.97. The van der Waals surface area contributed by atoms with Gasteiger partial charge in [0.25, 0.3) is 0 Å². The summed E-state index contributed by atoms with van der Waals surface area (Å²) in [5, 5.41) is 3.44. The average molecular weight is 225 g/mol. The third kappa shape index (κ3) is 2.96. The van der Waals surface area contributed by atoms with Crippen LogP contribution in [0.3, 0.4) is 0 Å². The van der Waals surface area contributed by atoms with Crippen LogP contribution in [-0.4, -0.2) is 61.7 Å². The first-order chi connectivity index (χ1) is 7.83. The van der Waals surface area contributed by atoms with Gasteiger partial charge in [-0.2, -0.15) is 0 Å². The van der Waals surface area contributed by atoms with Crippen molar-refractivity contribution < 1.29 is 0 Å². The van der Waals surface area contributed by atoms with Crippen LogP contribution in [0.1, 0.15) is 32.6 Å². The van der Waals surface area contributed by atoms with Gasteiger partial charge in [-0.15, -0.1) is 0 Å². The normalized spacial score (nSPS) is 30.8. The maximum Gasteiger partial charge on any atom is 0.0192 e. The maximum absolute atomic E-state index is 3.44. The van der Waals surface area contributed by atoms with Gasteiger partial charge >= 0.3 is 0 Å². The van der Waals surface area contributed by atoms with E-state index < -0.39 is 0 Å². The molecule has 2 aliphatic heterocycles. The van der Waals surface area contributed by atoms with Crippen LogP contribution in [0.4, 0.5) is 0 Å². The van der Waals surface area contributed by atoms with Crippen molar-refractivity contribution in [2.75, 3.05) is 39.8 Å². The van der Waals surface area contributed by atoms with Gasteiger partial charge in [0.15, 0.2) is 0 Å². The second kappa shape index (κ2) is 5.99. The zero-order valence-corrected chi connectivity index (χ0v) is 10.9. The molecule has 0 aromatic heterocycles. The molecule has 0 aliphatic carbocycles. The zero-order chi connectivity index (χ0) is 11.4. The van der Waals surface area contributed by atoms with Crippen molar-refractivity contribution in [1.82, 2.24) is 15.1 Å². The van der Waals surface area contributed by atoms with Gasteiger partial charge in [-0.05, 0) is 58.9 Å². The number of piperidine rings is 2. The fourth-order valence-corrected chi connectivity index (χ4v) is 3.17. The van der Waals surface area contributed by atoms with Crippen molar-refractivity contribution in [3.63, 3.8) is 0 Å². The number of rotatable bonds is 3. The predicted molar refractivity (Wildman–Crippen MR) is 68.8 cm³/mol. The average Bonchev–Trinajstić information content (AvgIpc) is 2.39. The Bertz CT molecular complexity index is 199. The summed E-state index contributed by atoms with van der Waals surface area (Å²) in [6, 6.07) is 1.59. The Morgan fingerprint density at radius 2 is 1.88 bits per heavy atom. The Balaban J connectivity index is 1.79. The molecule has 94 valence electrons. The number of likely N-dealkylation sites (tertiary alicyclic amines) is 2. The van der Waals surface area contributed by atoms with E-state index in [1.807, 2.05) is 0 Å². The topological polar surface area (TPSA) is 18.5 Å². The molecular weight excluding hydrogens is 198 g/mol. The van der Waals surface area contributed by atoms with Crippen LogP contribution in [0.2, 0.25) is 0 Å². The molecule has 2 saturated heterocycles. The van der Waals surface area contributed by atoms with Gasteiger partial charge in [0, 0.05) is 18.6 Å². The number of likely N-dealkylation sites (N-methyl/N-ethyl adjacent to an activating group) is 1. The zero-order valence-electron chi connectivity index (χ0n) is 10.9. The highest BCUT2D eigenvalue weighted by Gasteiger charge is 2.27. The Morgan fingerprint density at radius 1 is 1.12 bits per heavy atom. The molecule has 2 aliphatic rings. The van der Waals surface area contributed by atoms with Crippen molar-refractivity contribution in [1.29, 1.82) is 0 Å². The molecule has 0 aromatic rings. The van der Waals surface area contributed by atoms with Crippen molar-refractivity contribution in [3.05, 3.63) is 0 Å². The van der Waals surface area contributed by atoms with E-state index in [4.69, 9.17) is 0 Å². The lowest BCUT2D eigenvalue weighted by molar-refractivity contribution is 0.0831. The number of nitrogens with one attached hydrogen (secondary N) is 1. The molecule has 3 heteroatoms. The van der Waals surface area contributed by atoms with Crippen LogP contribution in [0, 0.1) is 0 Å². The molecule has 1 unspecified atom stereocenters. The van der Waals surface area contributed by atoms with Crippen LogP contribution in [0.25, 0.3) is 0 Å². The van der Waals surface area contributed by atoms with Gasteiger partial charge in [-0.3, -0.25) is 4.90 Å². The molecule has 3 nitrogen and oxygen atoms in total. The molecule has 16 heavy (non-hydrogen) atoms. The Hall–Kier alpha value is -0.120. The van der Waals surface area contributed by atoms with Gasteiger partial charge < -0.3 is 10.2 Å². The van der Waals surface area contributed by atoms with E-state index in [9.17, 15) is 0 Å². The van der Waals surface area contributed by atoms with Gasteiger partial charge in [0.1, 0.15) is 0 Å². The molecule has 0 aromatic carbocycles. The largest absolute Gasteiger partial charge is 0.316 e. The fourth-order valence-electron chi connectivity index (χ4n) is 3.17. The Morgan fingerprint density at radius 3 is 2.50 bits per heavy atom. The first-order valence-corrected chi connectivity index (χ1v) is 6.97. The Labute approximate surface area is 100 Å². The number of nitrogens with zero attached hydrogens (tertiary/aromatic N) is 2. The van der Waals surface area contributed by atoms with E-state index in [-0.39, 0.29) is 0 Å². The van der Waals surface area contributed by atoms with E-state index in [0.29, 0.717) is 0 Å². The quantitative estimate of drug-likeness (QED) is 0.777. The molecule has 1 N–H and O–H groups in total. The van der Waals surface area contributed by atoms with E-state index in [1.54, 1.807) is 0 Å². The van der Waals surface area contributed by atoms with Gasteiger partial charge in [-0.1, -0.05) is 6.92 Å². The molecule has 0 saturated carbocycles. The molecule has 2 rings (SSSR count). The van der Waals surface area contributed by atoms with Crippen LogP contribution in [0.15, 0.2) is 0 Å². The van der Waals surface area contributed by atoms with E-state index in [1.165, 1.54) is 58.4 Å². The fraction of sp³-hybridized carbons (Fsp3) is 1.00. The summed E-state index contributed by atoms with van der Waals surface area (Å²) in [5.74, 6) is 0. The van der Waals surface area contributed by atoms with Crippen molar-refractivity contribution in [3.8, 4) is 0 Å². The van der Waals surface area contributed by atoms with E-state index in [0.717, 1.165) is 12.1 Å². The van der Waals surface area contributed by atoms with Crippen molar-refractivity contribution >= 4 is 0 Å². The first kappa shape index (κ1) is 12.3. The minimum absolute atomic E-state index is 0.734. The van der Waals surface area contributed by atoms with Gasteiger partial charge in [0.05, 0.1) is 0 Å². The molecular formula is C13H27N3. The van der Waals surface area contributed by atoms with Crippen LogP contribution in [0.5, 0.6) is 0 Å². The second-order valence-electron chi connectivity index (χ2n) is 5.29. The van der Waals surface area contributed by atoms with E-state index >= 15 is 0 Å². The Kier molecular flexibility index (Phi) is 4.62. The SMILES string of the molecule is CCN1CCC(N2CCCC(NC)C2)CC1. The van der Waals surface area contributed by atoms with Crippen molar-refractivity contribution in [2.24, 2.45) is 0 Å². The van der Waals surface area contributed by atoms with Crippen LogP contribution >= 0.6 is 0 Å². The highest BCUT2D eigenvalue weighted by molar-refractivity contribution is 4.85. The lowest BCUT2D eigenvalue weighted by Crippen LogP contribution is -2.52. The third-order valence-electron chi connectivity index (χ3n) is 4.38. The third-order valence-corrected chi connectivity index (χ3v) is 4.38. The minimum Gasteiger partial charge on any atom is -0.316 e. The molecule has 0 radical (unpaired) electrons. The standard InChI is InChI=1S/C13H27N3/c1-3-15-9-6-13(7-10-15)16-8-4-5-12(11-16)14-2/h12-14H,3-11H2,1-2H3. The maximum atomic E-state index is 3.44. The highest BCUT2D eigenvalue weighted by atomic mass is 15.2. The minimum atomic E-state index is 0.734. The summed E-state index contributed by atoms with van der Waals surface area (Å²) in [4.78, 5) is 5.31. The van der Waals surface area contributed by atoms with Crippen molar-refractivity contribution in [2.45, 2.75) is 44.7 Å². The molecule has 0 spiro atoms. The summed E-state index contributed by atoms with van der Waals surface area (Å²) in [5.41, 5.74) is 0. The molecule has 0 bridgehead atoms. The monoisotopic (exact) mass is 225 g/mol. The smallest absolute Gasteiger partial charge is 0.0192 e. The summed E-state index contributed by atoms with van der Waals surface area (Å²) >= 11 is 0. The predicted octanol–water partition coefficient (Wildman–Crippen LogP) is 1.15. The van der Waals surface area contributed by atoms with Crippen LogP contribution < -0.4 is 5.32 Å². The molecule has 0 amide bonds. The number of hydrogen-bond donors (Lipinski definition) is 1. The van der Waals surface area contributed by atoms with E-state index in [2.05, 4.69) is 29.1 Å². The second-order valence-corrected chi connectivity index (χ2v) is 5.29. The molecule has 1 atom stereocenters. The van der Waals surface area contributed by atoms with Crippen LogP contribution in [-0.2, 0) is 0 Å². The summed E-state index contributed by atoms with van der Waals surface area (Å²) in [7, 11) is 2.11. The lowest BCUT2D eigenvalue weighted by atomic mass is 9.98. The molecule has 2 fully saturated rings. The number of hydrogen-bond acceptors (Lipinski definition) is 3. The molecule has 2 heterocycles. The lowest BCUT2D eigenvalue weighted by Gasteiger charge is -2.42. The summed E-state index contributed by atoms with van der Waals surface area (Å²) < 4.78 is 0. The summed E-state index contributed by atoms with van der Waals surface area (Å²) in [6.07, 6.45) is 5.49. The summed E-state index contributed by atoms with van der Waals surface area (Å²) in [6.45, 7) is 8.72. The van der Waals surface area contributed by atoms with Gasteiger partial charge in [-0.25, -0.2) is 0 Å². The highest BCUT2D eigenvalue weighted by Crippen LogP contribution is 2.20. The van der Waals surface area contributed by atoms with Gasteiger partial charge in [0.2, 0.25) is 0 Å².